The normalized spacial score (nSPS) is 18.6. The van der Waals surface area contributed by atoms with E-state index in [-0.39, 0.29) is 30.5 Å². The van der Waals surface area contributed by atoms with Gasteiger partial charge in [-0.05, 0) is 23.6 Å². The van der Waals surface area contributed by atoms with Gasteiger partial charge in [0.25, 0.3) is 0 Å². The third-order valence-corrected chi connectivity index (χ3v) is 5.87. The van der Waals surface area contributed by atoms with Gasteiger partial charge in [0.05, 0.1) is 12.0 Å². The van der Waals surface area contributed by atoms with Gasteiger partial charge in [0.1, 0.15) is 6.61 Å². The lowest BCUT2D eigenvalue weighted by molar-refractivity contribution is -0.155. The Morgan fingerprint density at radius 3 is 2.15 bits per heavy atom. The van der Waals surface area contributed by atoms with E-state index in [1.807, 2.05) is 109 Å². The van der Waals surface area contributed by atoms with Crippen LogP contribution in [-0.4, -0.2) is 29.0 Å². The van der Waals surface area contributed by atoms with Gasteiger partial charge < -0.3 is 15.0 Å². The average Bonchev–Trinajstić information content (AvgIpc) is 2.85. The molecule has 33 heavy (non-hydrogen) atoms. The molecule has 0 bridgehead atoms. The number of hydrogen-bond acceptors (Lipinski definition) is 3. The van der Waals surface area contributed by atoms with Gasteiger partial charge in [-0.1, -0.05) is 103 Å². The zero-order valence-electron chi connectivity index (χ0n) is 18.6. The summed E-state index contributed by atoms with van der Waals surface area (Å²) in [5.41, 5.74) is 3.06. The zero-order chi connectivity index (χ0) is 23.0. The number of hydrogen-bond donors (Lipinski definition) is 1. The SMILES string of the molecule is C[C@H](NC(=O)OCc1ccccc1)[C@@H]1C(=O)N(Cc2ccccc2)[C@H]1/C=C/c1ccccc1. The maximum Gasteiger partial charge on any atom is 0.407 e. The summed E-state index contributed by atoms with van der Waals surface area (Å²) in [6.07, 6.45) is 3.56. The first-order valence-electron chi connectivity index (χ1n) is 11.2. The number of carbonyl (C=O) groups is 2. The molecule has 3 aromatic carbocycles. The minimum Gasteiger partial charge on any atom is -0.445 e. The monoisotopic (exact) mass is 440 g/mol. The fourth-order valence-electron chi connectivity index (χ4n) is 4.11. The minimum atomic E-state index is -0.522. The number of β-lactam (4-membered cyclic amide) rings is 1. The van der Waals surface area contributed by atoms with Gasteiger partial charge in [-0.15, -0.1) is 0 Å². The molecule has 1 aliphatic heterocycles. The Balaban J connectivity index is 1.43. The fraction of sp³-hybridized carbons (Fsp3) is 0.214. The number of benzene rings is 3. The van der Waals surface area contributed by atoms with Crippen molar-refractivity contribution in [3.63, 3.8) is 0 Å². The molecular formula is C28H28N2O3. The van der Waals surface area contributed by atoms with Gasteiger partial charge in [-0.2, -0.15) is 0 Å². The Morgan fingerprint density at radius 1 is 0.939 bits per heavy atom. The number of nitrogens with one attached hydrogen (secondary N) is 1. The highest BCUT2D eigenvalue weighted by molar-refractivity contribution is 5.88. The molecule has 5 heteroatoms. The van der Waals surface area contributed by atoms with Crippen molar-refractivity contribution in [3.8, 4) is 0 Å². The maximum absolute atomic E-state index is 13.1. The van der Waals surface area contributed by atoms with Crippen LogP contribution in [0, 0.1) is 5.92 Å². The summed E-state index contributed by atoms with van der Waals surface area (Å²) in [5.74, 6) is -0.324. The lowest BCUT2D eigenvalue weighted by atomic mass is 9.81. The summed E-state index contributed by atoms with van der Waals surface area (Å²) in [6.45, 7) is 2.58. The topological polar surface area (TPSA) is 58.6 Å². The van der Waals surface area contributed by atoms with Crippen LogP contribution < -0.4 is 5.32 Å². The molecule has 0 aromatic heterocycles. The molecular weight excluding hydrogens is 412 g/mol. The van der Waals surface area contributed by atoms with Gasteiger partial charge in [0, 0.05) is 12.6 Å². The lowest BCUT2D eigenvalue weighted by Crippen LogP contribution is -2.65. The minimum absolute atomic E-state index is 0.0254. The predicted octanol–water partition coefficient (Wildman–Crippen LogP) is 5.04. The molecule has 1 aliphatic rings. The molecule has 5 nitrogen and oxygen atoms in total. The number of carbonyl (C=O) groups excluding carboxylic acids is 2. The molecule has 1 heterocycles. The molecule has 1 N–H and O–H groups in total. The first-order valence-corrected chi connectivity index (χ1v) is 11.2. The first kappa shape index (κ1) is 22.3. The van der Waals surface area contributed by atoms with Crippen molar-refractivity contribution in [1.29, 1.82) is 0 Å². The summed E-state index contributed by atoms with van der Waals surface area (Å²) in [6, 6.07) is 29.0. The Labute approximate surface area is 194 Å². The van der Waals surface area contributed by atoms with E-state index in [2.05, 4.69) is 11.4 Å². The molecule has 3 atom stereocenters. The fourth-order valence-corrected chi connectivity index (χ4v) is 4.11. The van der Waals surface area contributed by atoms with Crippen molar-refractivity contribution in [2.24, 2.45) is 5.92 Å². The van der Waals surface area contributed by atoms with Crippen LogP contribution in [0.2, 0.25) is 0 Å². The van der Waals surface area contributed by atoms with E-state index < -0.39 is 6.09 Å². The van der Waals surface area contributed by atoms with Crippen LogP contribution in [0.25, 0.3) is 6.08 Å². The van der Waals surface area contributed by atoms with E-state index >= 15 is 0 Å². The quantitative estimate of drug-likeness (QED) is 0.499. The number of alkyl carbamates (subject to hydrolysis) is 1. The molecule has 2 amide bonds. The van der Waals surface area contributed by atoms with E-state index in [4.69, 9.17) is 4.74 Å². The molecule has 168 valence electrons. The van der Waals surface area contributed by atoms with Crippen LogP contribution in [-0.2, 0) is 22.7 Å². The Bertz CT molecular complexity index is 1080. The molecule has 1 fully saturated rings. The standard InChI is InChI=1S/C28H28N2O3/c1-21(29-28(32)33-20-24-15-9-4-10-16-24)26-25(18-17-22-11-5-2-6-12-22)30(27(26)31)19-23-13-7-3-8-14-23/h2-18,21,25-26H,19-20H2,1H3,(H,29,32)/b18-17+/t21-,25-,26-/m0/s1. The van der Waals surface area contributed by atoms with Crippen molar-refractivity contribution in [3.05, 3.63) is 114 Å². The smallest absolute Gasteiger partial charge is 0.407 e. The highest BCUT2D eigenvalue weighted by atomic mass is 16.5. The molecule has 3 aromatic rings. The lowest BCUT2D eigenvalue weighted by Gasteiger charge is -2.48. The molecule has 1 saturated heterocycles. The van der Waals surface area contributed by atoms with Crippen LogP contribution in [0.3, 0.4) is 0 Å². The van der Waals surface area contributed by atoms with Crippen molar-refractivity contribution in [1.82, 2.24) is 10.2 Å². The Kier molecular flexibility index (Phi) is 7.20. The van der Waals surface area contributed by atoms with E-state index in [1.54, 1.807) is 0 Å². The van der Waals surface area contributed by atoms with Crippen LogP contribution in [0.5, 0.6) is 0 Å². The largest absolute Gasteiger partial charge is 0.445 e. The van der Waals surface area contributed by atoms with Gasteiger partial charge in [-0.25, -0.2) is 4.79 Å². The number of rotatable bonds is 8. The summed E-state index contributed by atoms with van der Waals surface area (Å²) >= 11 is 0. The van der Waals surface area contributed by atoms with Crippen LogP contribution in [0.1, 0.15) is 23.6 Å². The van der Waals surface area contributed by atoms with Crippen LogP contribution in [0.4, 0.5) is 4.79 Å². The molecule has 0 unspecified atom stereocenters. The second kappa shape index (κ2) is 10.6. The van der Waals surface area contributed by atoms with Crippen molar-refractivity contribution in [2.45, 2.75) is 32.2 Å². The van der Waals surface area contributed by atoms with E-state index in [0.717, 1.165) is 16.7 Å². The highest BCUT2D eigenvalue weighted by Crippen LogP contribution is 2.33. The summed E-state index contributed by atoms with van der Waals surface area (Å²) in [7, 11) is 0. The van der Waals surface area contributed by atoms with Crippen LogP contribution in [0.15, 0.2) is 97.1 Å². The van der Waals surface area contributed by atoms with Crippen molar-refractivity contribution < 1.29 is 14.3 Å². The third kappa shape index (κ3) is 5.69. The Morgan fingerprint density at radius 2 is 1.52 bits per heavy atom. The molecule has 0 spiro atoms. The second-order valence-corrected chi connectivity index (χ2v) is 8.23. The molecule has 0 saturated carbocycles. The number of amides is 2. The van der Waals surface area contributed by atoms with Gasteiger partial charge >= 0.3 is 6.09 Å². The van der Waals surface area contributed by atoms with Gasteiger partial charge in [-0.3, -0.25) is 4.79 Å². The Hall–Kier alpha value is -3.86. The molecule has 0 aliphatic carbocycles. The van der Waals surface area contributed by atoms with Crippen LogP contribution >= 0.6 is 0 Å². The van der Waals surface area contributed by atoms with E-state index in [1.165, 1.54) is 0 Å². The predicted molar refractivity (Wildman–Crippen MR) is 129 cm³/mol. The second-order valence-electron chi connectivity index (χ2n) is 8.23. The highest BCUT2D eigenvalue weighted by Gasteiger charge is 2.48. The first-order chi connectivity index (χ1) is 16.1. The maximum atomic E-state index is 13.1. The van der Waals surface area contributed by atoms with E-state index in [0.29, 0.717) is 6.54 Å². The van der Waals surface area contributed by atoms with Gasteiger partial charge in [0.15, 0.2) is 0 Å². The summed E-state index contributed by atoms with van der Waals surface area (Å²) < 4.78 is 5.35. The zero-order valence-corrected chi connectivity index (χ0v) is 18.6. The van der Waals surface area contributed by atoms with Crippen molar-refractivity contribution in [2.75, 3.05) is 0 Å². The summed E-state index contributed by atoms with van der Waals surface area (Å²) in [5, 5.41) is 2.85. The van der Waals surface area contributed by atoms with Gasteiger partial charge in [0.2, 0.25) is 5.91 Å². The molecule has 4 rings (SSSR count). The number of likely N-dealkylation sites (tertiary alicyclic amines) is 1. The van der Waals surface area contributed by atoms with Crippen molar-refractivity contribution >= 4 is 18.1 Å². The van der Waals surface area contributed by atoms with E-state index in [9.17, 15) is 9.59 Å². The average molecular weight is 441 g/mol. The third-order valence-electron chi connectivity index (χ3n) is 5.87. The number of nitrogens with zero attached hydrogens (tertiary/aromatic N) is 1. The number of ether oxygens (including phenoxy) is 1. The summed E-state index contributed by atoms with van der Waals surface area (Å²) in [4.78, 5) is 27.3. The molecule has 0 radical (unpaired) electrons.